The molecule has 0 saturated heterocycles. The summed E-state index contributed by atoms with van der Waals surface area (Å²) >= 11 is 0. The van der Waals surface area contributed by atoms with Gasteiger partial charge in [-0.3, -0.25) is 0 Å². The third-order valence-electron chi connectivity index (χ3n) is 2.50. The summed E-state index contributed by atoms with van der Waals surface area (Å²) < 4.78 is 0. The van der Waals surface area contributed by atoms with E-state index in [0.29, 0.717) is 12.4 Å². The number of nitrogen functional groups attached to an aromatic ring is 1. The summed E-state index contributed by atoms with van der Waals surface area (Å²) in [7, 11) is 1.76. The van der Waals surface area contributed by atoms with E-state index in [1.54, 1.807) is 7.05 Å². The van der Waals surface area contributed by atoms with Gasteiger partial charge in [0.2, 0.25) is 0 Å². The molecule has 0 bridgehead atoms. The maximum absolute atomic E-state index is 5.77. The summed E-state index contributed by atoms with van der Waals surface area (Å²) in [4.78, 5) is 3.61. The number of hydrogen-bond donors (Lipinski definition) is 1. The molecule has 0 aliphatic heterocycles. The van der Waals surface area contributed by atoms with E-state index in [-0.39, 0.29) is 0 Å². The lowest BCUT2D eigenvalue weighted by Gasteiger charge is -2.21. The van der Waals surface area contributed by atoms with Crippen molar-refractivity contribution in [1.82, 2.24) is 20.2 Å². The molecule has 2 rings (SSSR count). The Balaban J connectivity index is 2.16. The molecule has 0 spiro atoms. The summed E-state index contributed by atoms with van der Waals surface area (Å²) in [5.41, 5.74) is 7.60. The second kappa shape index (κ2) is 4.82. The highest BCUT2D eigenvalue weighted by atomic mass is 15.6. The van der Waals surface area contributed by atoms with E-state index in [2.05, 4.69) is 27.2 Å². The van der Waals surface area contributed by atoms with Crippen LogP contribution in [0.5, 0.6) is 0 Å². The zero-order chi connectivity index (χ0) is 12.3. The van der Waals surface area contributed by atoms with Crippen LogP contribution in [0.1, 0.15) is 12.7 Å². The van der Waals surface area contributed by atoms with Gasteiger partial charge in [-0.1, -0.05) is 6.07 Å². The highest BCUT2D eigenvalue weighted by Gasteiger charge is 2.09. The van der Waals surface area contributed by atoms with Crippen molar-refractivity contribution in [3.05, 3.63) is 30.1 Å². The minimum absolute atomic E-state index is 0.633. The molecular weight excluding hydrogens is 216 g/mol. The number of hydrogen-bond acceptors (Lipinski definition) is 5. The first-order valence-electron chi connectivity index (χ1n) is 5.52. The normalized spacial score (nSPS) is 10.5. The predicted octanol–water partition coefficient (Wildman–Crippen LogP) is 0.819. The van der Waals surface area contributed by atoms with Gasteiger partial charge >= 0.3 is 0 Å². The van der Waals surface area contributed by atoms with E-state index in [0.717, 1.165) is 17.9 Å². The molecule has 0 aliphatic rings. The molecule has 2 aromatic rings. The van der Waals surface area contributed by atoms with Gasteiger partial charge in [0.1, 0.15) is 0 Å². The highest BCUT2D eigenvalue weighted by Crippen LogP contribution is 2.18. The van der Waals surface area contributed by atoms with Crippen LogP contribution in [0.15, 0.2) is 24.3 Å². The number of tetrazole rings is 1. The molecule has 0 unspecified atom stereocenters. The SMILES string of the molecule is CCN(Cc1nnn(C)n1)c1cccc(N)c1. The molecule has 1 aromatic heterocycles. The summed E-state index contributed by atoms with van der Waals surface area (Å²) in [6.07, 6.45) is 0. The van der Waals surface area contributed by atoms with Crippen molar-refractivity contribution in [2.45, 2.75) is 13.5 Å². The van der Waals surface area contributed by atoms with Gasteiger partial charge < -0.3 is 10.6 Å². The molecule has 0 amide bonds. The topological polar surface area (TPSA) is 72.9 Å². The van der Waals surface area contributed by atoms with E-state index in [4.69, 9.17) is 5.73 Å². The summed E-state index contributed by atoms with van der Waals surface area (Å²) in [5, 5.41) is 12.0. The number of aromatic nitrogens is 4. The average molecular weight is 232 g/mol. The Morgan fingerprint density at radius 3 is 2.82 bits per heavy atom. The van der Waals surface area contributed by atoms with Crippen LogP contribution < -0.4 is 10.6 Å². The van der Waals surface area contributed by atoms with Gasteiger partial charge in [0, 0.05) is 17.9 Å². The molecule has 0 fully saturated rings. The van der Waals surface area contributed by atoms with E-state index < -0.39 is 0 Å². The van der Waals surface area contributed by atoms with Gasteiger partial charge in [0.25, 0.3) is 0 Å². The molecule has 6 nitrogen and oxygen atoms in total. The lowest BCUT2D eigenvalue weighted by molar-refractivity contribution is 0.626. The number of nitrogens with zero attached hydrogens (tertiary/aromatic N) is 5. The fraction of sp³-hybridized carbons (Fsp3) is 0.364. The number of aryl methyl sites for hydroxylation is 1. The van der Waals surface area contributed by atoms with Gasteiger partial charge in [-0.25, -0.2) is 0 Å². The molecule has 2 N–H and O–H groups in total. The lowest BCUT2D eigenvalue weighted by Crippen LogP contribution is -2.22. The van der Waals surface area contributed by atoms with Crippen molar-refractivity contribution in [1.29, 1.82) is 0 Å². The molecule has 0 atom stereocenters. The van der Waals surface area contributed by atoms with E-state index >= 15 is 0 Å². The Kier molecular flexibility index (Phi) is 3.22. The lowest BCUT2D eigenvalue weighted by atomic mass is 10.2. The van der Waals surface area contributed by atoms with Gasteiger partial charge in [-0.15, -0.1) is 10.2 Å². The first-order valence-corrected chi connectivity index (χ1v) is 5.52. The number of rotatable bonds is 4. The van der Waals surface area contributed by atoms with Crippen LogP contribution in [-0.4, -0.2) is 26.8 Å². The minimum atomic E-state index is 0.633. The molecule has 0 radical (unpaired) electrons. The van der Waals surface area contributed by atoms with Crippen molar-refractivity contribution in [3.63, 3.8) is 0 Å². The van der Waals surface area contributed by atoms with Crippen LogP contribution in [0.2, 0.25) is 0 Å². The fourth-order valence-corrected chi connectivity index (χ4v) is 1.66. The first kappa shape index (κ1) is 11.4. The molecule has 1 aromatic carbocycles. The van der Waals surface area contributed by atoms with Crippen molar-refractivity contribution >= 4 is 11.4 Å². The number of nitrogens with two attached hydrogens (primary N) is 1. The second-order valence-electron chi connectivity index (χ2n) is 3.80. The fourth-order valence-electron chi connectivity index (χ4n) is 1.66. The van der Waals surface area contributed by atoms with Crippen molar-refractivity contribution in [2.24, 2.45) is 7.05 Å². The average Bonchev–Trinajstić information content (AvgIpc) is 2.72. The first-order chi connectivity index (χ1) is 8.19. The van der Waals surface area contributed by atoms with E-state index in [1.165, 1.54) is 4.80 Å². The zero-order valence-corrected chi connectivity index (χ0v) is 10.0. The molecule has 1 heterocycles. The Labute approximate surface area is 100 Å². The highest BCUT2D eigenvalue weighted by molar-refractivity contribution is 5.55. The maximum Gasteiger partial charge on any atom is 0.193 e. The monoisotopic (exact) mass is 232 g/mol. The summed E-state index contributed by atoms with van der Waals surface area (Å²) in [5.74, 6) is 0.705. The second-order valence-corrected chi connectivity index (χ2v) is 3.80. The Morgan fingerprint density at radius 1 is 1.41 bits per heavy atom. The minimum Gasteiger partial charge on any atom is -0.399 e. The van der Waals surface area contributed by atoms with E-state index in [9.17, 15) is 0 Å². The largest absolute Gasteiger partial charge is 0.399 e. The third kappa shape index (κ3) is 2.72. The summed E-state index contributed by atoms with van der Waals surface area (Å²) in [6.45, 7) is 3.58. The third-order valence-corrected chi connectivity index (χ3v) is 2.50. The molecule has 90 valence electrons. The van der Waals surface area contributed by atoms with Crippen LogP contribution in [0.3, 0.4) is 0 Å². The maximum atomic E-state index is 5.77. The predicted molar refractivity (Wildman–Crippen MR) is 66.4 cm³/mol. The summed E-state index contributed by atoms with van der Waals surface area (Å²) in [6, 6.07) is 7.78. The van der Waals surface area contributed by atoms with Gasteiger partial charge in [-0.2, -0.15) is 4.80 Å². The van der Waals surface area contributed by atoms with Crippen LogP contribution >= 0.6 is 0 Å². The molecule has 6 heteroatoms. The van der Waals surface area contributed by atoms with Crippen LogP contribution in [0, 0.1) is 0 Å². The molecule has 0 saturated carbocycles. The zero-order valence-electron chi connectivity index (χ0n) is 10.0. The standard InChI is InChI=1S/C11H16N6/c1-3-17(8-11-13-15-16(2)14-11)10-6-4-5-9(12)7-10/h4-7H,3,8,12H2,1-2H3. The molecular formula is C11H16N6. The quantitative estimate of drug-likeness (QED) is 0.790. The van der Waals surface area contributed by atoms with Crippen molar-refractivity contribution < 1.29 is 0 Å². The number of anilines is 2. The Morgan fingerprint density at radius 2 is 2.24 bits per heavy atom. The van der Waals surface area contributed by atoms with Gasteiger partial charge in [0.05, 0.1) is 13.6 Å². The van der Waals surface area contributed by atoms with Crippen molar-refractivity contribution in [3.8, 4) is 0 Å². The van der Waals surface area contributed by atoms with Crippen LogP contribution in [0.25, 0.3) is 0 Å². The van der Waals surface area contributed by atoms with Crippen molar-refractivity contribution in [2.75, 3.05) is 17.2 Å². The smallest absolute Gasteiger partial charge is 0.193 e. The van der Waals surface area contributed by atoms with E-state index in [1.807, 2.05) is 24.3 Å². The molecule has 17 heavy (non-hydrogen) atoms. The van der Waals surface area contributed by atoms with Gasteiger partial charge in [0.15, 0.2) is 5.82 Å². The number of benzene rings is 1. The van der Waals surface area contributed by atoms with Crippen LogP contribution in [-0.2, 0) is 13.6 Å². The molecule has 0 aliphatic carbocycles. The Hall–Kier alpha value is -2.11. The Bertz CT molecular complexity index is 492. The van der Waals surface area contributed by atoms with Crippen LogP contribution in [0.4, 0.5) is 11.4 Å². The van der Waals surface area contributed by atoms with Gasteiger partial charge in [-0.05, 0) is 30.3 Å².